The fourth-order valence-electron chi connectivity index (χ4n) is 3.74. The van der Waals surface area contributed by atoms with E-state index in [0.29, 0.717) is 24.0 Å². The third-order valence-corrected chi connectivity index (χ3v) is 6.61. The zero-order valence-corrected chi connectivity index (χ0v) is 15.3. The molecular formula is C20H21NO4S. The molecule has 1 aliphatic rings. The molecule has 1 aliphatic carbocycles. The minimum atomic E-state index is -3.60. The summed E-state index contributed by atoms with van der Waals surface area (Å²) < 4.78 is 30.4. The standard InChI is InChI=1S/C20H21NO4S/c21-12-16-4-6-17(7-5-16)14-26(23,24)15-19(22)20(9-2-1-3-10-20)18-8-11-25-13-18/h4-8,11,13H,1-3,9-10,14-15H2. The molecule has 0 N–H and O–H groups in total. The number of benzene rings is 1. The molecule has 3 rings (SSSR count). The van der Waals surface area contributed by atoms with Crippen LogP contribution in [0.5, 0.6) is 0 Å². The van der Waals surface area contributed by atoms with Crippen molar-refractivity contribution in [2.24, 2.45) is 0 Å². The van der Waals surface area contributed by atoms with E-state index in [4.69, 9.17) is 9.68 Å². The Bertz CT molecular complexity index is 900. The Labute approximate surface area is 153 Å². The first kappa shape index (κ1) is 18.4. The third-order valence-electron chi connectivity index (χ3n) is 5.14. The first-order valence-electron chi connectivity index (χ1n) is 8.71. The second kappa shape index (κ2) is 7.46. The normalized spacial score (nSPS) is 16.7. The van der Waals surface area contributed by atoms with E-state index in [0.717, 1.165) is 24.8 Å². The molecule has 0 bridgehead atoms. The zero-order chi connectivity index (χ0) is 18.6. The van der Waals surface area contributed by atoms with Crippen LogP contribution in [0.25, 0.3) is 0 Å². The molecule has 0 aliphatic heterocycles. The summed E-state index contributed by atoms with van der Waals surface area (Å²) in [6.45, 7) is 0. The minimum Gasteiger partial charge on any atom is -0.472 e. The maximum atomic E-state index is 13.1. The Hall–Kier alpha value is -2.39. The first-order valence-corrected chi connectivity index (χ1v) is 10.5. The predicted octanol–water partition coefficient (Wildman–Crippen LogP) is 3.54. The summed E-state index contributed by atoms with van der Waals surface area (Å²) in [6, 6.07) is 10.2. The number of ketones is 1. The number of rotatable bonds is 6. The fourth-order valence-corrected chi connectivity index (χ4v) is 5.22. The lowest BCUT2D eigenvalue weighted by atomic mass is 9.68. The summed E-state index contributed by atoms with van der Waals surface area (Å²) in [5.41, 5.74) is 1.10. The van der Waals surface area contributed by atoms with Crippen molar-refractivity contribution in [3.05, 3.63) is 59.5 Å². The molecule has 0 unspecified atom stereocenters. The molecular weight excluding hydrogens is 350 g/mol. The van der Waals surface area contributed by atoms with Gasteiger partial charge in [0.05, 0.1) is 35.3 Å². The predicted molar refractivity (Wildman–Crippen MR) is 97.1 cm³/mol. The summed E-state index contributed by atoms with van der Waals surface area (Å²) in [5, 5.41) is 8.82. The smallest absolute Gasteiger partial charge is 0.161 e. The molecule has 0 radical (unpaired) electrons. The Morgan fingerprint density at radius 1 is 1.12 bits per heavy atom. The number of nitrogens with zero attached hydrogens (tertiary/aromatic N) is 1. The van der Waals surface area contributed by atoms with Gasteiger partial charge in [-0.2, -0.15) is 5.26 Å². The van der Waals surface area contributed by atoms with Crippen LogP contribution in [0.3, 0.4) is 0 Å². The largest absolute Gasteiger partial charge is 0.472 e. The molecule has 136 valence electrons. The second-order valence-corrected chi connectivity index (χ2v) is 8.98. The lowest BCUT2D eigenvalue weighted by Gasteiger charge is -2.35. The van der Waals surface area contributed by atoms with E-state index in [9.17, 15) is 13.2 Å². The maximum absolute atomic E-state index is 13.1. The molecule has 1 fully saturated rings. The van der Waals surface area contributed by atoms with Crippen LogP contribution in [-0.2, 0) is 25.8 Å². The third kappa shape index (κ3) is 3.88. The summed E-state index contributed by atoms with van der Waals surface area (Å²) >= 11 is 0. The lowest BCUT2D eigenvalue weighted by molar-refractivity contribution is -0.123. The number of carbonyl (C=O) groups excluding carboxylic acids is 1. The fraction of sp³-hybridized carbons (Fsp3) is 0.400. The molecule has 5 nitrogen and oxygen atoms in total. The van der Waals surface area contributed by atoms with Crippen LogP contribution in [0.4, 0.5) is 0 Å². The van der Waals surface area contributed by atoms with Crippen molar-refractivity contribution in [2.45, 2.75) is 43.3 Å². The van der Waals surface area contributed by atoms with E-state index in [-0.39, 0.29) is 11.5 Å². The Morgan fingerprint density at radius 3 is 2.38 bits per heavy atom. The number of sulfone groups is 1. The van der Waals surface area contributed by atoms with Crippen molar-refractivity contribution >= 4 is 15.6 Å². The highest BCUT2D eigenvalue weighted by atomic mass is 32.2. The van der Waals surface area contributed by atoms with E-state index in [1.54, 1.807) is 36.6 Å². The number of hydrogen-bond donors (Lipinski definition) is 0. The van der Waals surface area contributed by atoms with Gasteiger partial charge in [0.1, 0.15) is 5.75 Å². The van der Waals surface area contributed by atoms with Crippen molar-refractivity contribution in [3.63, 3.8) is 0 Å². The van der Waals surface area contributed by atoms with Gasteiger partial charge in [0.15, 0.2) is 15.6 Å². The molecule has 1 heterocycles. The average Bonchev–Trinajstić information content (AvgIpc) is 3.17. The number of carbonyl (C=O) groups is 1. The topological polar surface area (TPSA) is 88.1 Å². The van der Waals surface area contributed by atoms with Crippen molar-refractivity contribution in [2.75, 3.05) is 5.75 Å². The molecule has 26 heavy (non-hydrogen) atoms. The molecule has 2 aromatic rings. The van der Waals surface area contributed by atoms with Gasteiger partial charge in [-0.1, -0.05) is 31.4 Å². The van der Waals surface area contributed by atoms with Crippen LogP contribution in [0.2, 0.25) is 0 Å². The minimum absolute atomic E-state index is 0.202. The van der Waals surface area contributed by atoms with Crippen LogP contribution in [0.15, 0.2) is 47.3 Å². The van der Waals surface area contributed by atoms with Crippen LogP contribution < -0.4 is 0 Å². The van der Waals surface area contributed by atoms with Crippen LogP contribution >= 0.6 is 0 Å². The Balaban J connectivity index is 1.78. The summed E-state index contributed by atoms with van der Waals surface area (Å²) in [5.74, 6) is -0.920. The highest BCUT2D eigenvalue weighted by Gasteiger charge is 2.43. The van der Waals surface area contributed by atoms with E-state index in [2.05, 4.69) is 0 Å². The zero-order valence-electron chi connectivity index (χ0n) is 14.5. The quantitative estimate of drug-likeness (QED) is 0.775. The SMILES string of the molecule is N#Cc1ccc(CS(=O)(=O)CC(=O)C2(c3ccoc3)CCCCC2)cc1. The molecule has 1 aromatic heterocycles. The van der Waals surface area contributed by atoms with Gasteiger partial charge in [-0.05, 0) is 36.6 Å². The number of Topliss-reactive ketones (excluding diaryl/α,β-unsaturated/α-hetero) is 1. The van der Waals surface area contributed by atoms with E-state index >= 15 is 0 Å². The highest BCUT2D eigenvalue weighted by Crippen LogP contribution is 2.41. The molecule has 6 heteroatoms. The number of hydrogen-bond acceptors (Lipinski definition) is 5. The van der Waals surface area contributed by atoms with E-state index in [1.807, 2.05) is 6.07 Å². The van der Waals surface area contributed by atoms with Gasteiger partial charge in [0.2, 0.25) is 0 Å². The maximum Gasteiger partial charge on any atom is 0.161 e. The Kier molecular flexibility index (Phi) is 5.28. The van der Waals surface area contributed by atoms with Gasteiger partial charge in [-0.25, -0.2) is 8.42 Å². The molecule has 0 atom stereocenters. The van der Waals surface area contributed by atoms with Crippen molar-refractivity contribution < 1.29 is 17.6 Å². The van der Waals surface area contributed by atoms with Gasteiger partial charge in [-0.15, -0.1) is 0 Å². The van der Waals surface area contributed by atoms with Crippen LogP contribution in [0, 0.1) is 11.3 Å². The molecule has 1 aromatic carbocycles. The van der Waals surface area contributed by atoms with Gasteiger partial charge in [0, 0.05) is 5.56 Å². The number of furan rings is 1. The van der Waals surface area contributed by atoms with Gasteiger partial charge in [0.25, 0.3) is 0 Å². The first-order chi connectivity index (χ1) is 12.5. The summed E-state index contributed by atoms with van der Waals surface area (Å²) in [4.78, 5) is 13.1. The van der Waals surface area contributed by atoms with Crippen molar-refractivity contribution in [3.8, 4) is 6.07 Å². The summed E-state index contributed by atoms with van der Waals surface area (Å²) in [7, 11) is -3.60. The van der Waals surface area contributed by atoms with Gasteiger partial charge in [-0.3, -0.25) is 4.79 Å². The van der Waals surface area contributed by atoms with E-state index < -0.39 is 21.0 Å². The second-order valence-electron chi connectivity index (χ2n) is 6.92. The average molecular weight is 371 g/mol. The van der Waals surface area contributed by atoms with Gasteiger partial charge >= 0.3 is 0 Å². The molecule has 0 saturated heterocycles. The van der Waals surface area contributed by atoms with Crippen molar-refractivity contribution in [1.29, 1.82) is 5.26 Å². The molecule has 0 spiro atoms. The lowest BCUT2D eigenvalue weighted by Crippen LogP contribution is -2.41. The Morgan fingerprint density at radius 2 is 1.81 bits per heavy atom. The van der Waals surface area contributed by atoms with Crippen LogP contribution in [0.1, 0.15) is 48.8 Å². The van der Waals surface area contributed by atoms with Crippen molar-refractivity contribution in [1.82, 2.24) is 0 Å². The van der Waals surface area contributed by atoms with Gasteiger partial charge < -0.3 is 4.42 Å². The monoisotopic (exact) mass is 371 g/mol. The molecule has 0 amide bonds. The molecule has 1 saturated carbocycles. The van der Waals surface area contributed by atoms with Crippen LogP contribution in [-0.4, -0.2) is 20.0 Å². The van der Waals surface area contributed by atoms with E-state index in [1.165, 1.54) is 6.26 Å². The number of nitriles is 1. The summed E-state index contributed by atoms with van der Waals surface area (Å²) in [6.07, 6.45) is 7.31. The highest BCUT2D eigenvalue weighted by molar-refractivity contribution is 7.91.